The SMILES string of the molecule is O=CCCCc1ccc(-c2ccc(-c3ccc(Br)cc3)cn2)cc1. The fraction of sp³-hybridized carbons (Fsp3) is 0.143. The van der Waals surface area contributed by atoms with Crippen LogP contribution in [0.5, 0.6) is 0 Å². The number of pyridine rings is 1. The minimum absolute atomic E-state index is 0.626. The highest BCUT2D eigenvalue weighted by Crippen LogP contribution is 2.24. The van der Waals surface area contributed by atoms with Crippen LogP contribution in [0.3, 0.4) is 0 Å². The van der Waals surface area contributed by atoms with Crippen LogP contribution in [-0.4, -0.2) is 11.3 Å². The summed E-state index contributed by atoms with van der Waals surface area (Å²) in [6, 6.07) is 20.8. The van der Waals surface area contributed by atoms with Crippen molar-refractivity contribution in [1.29, 1.82) is 0 Å². The van der Waals surface area contributed by atoms with Crippen LogP contribution in [0.15, 0.2) is 71.3 Å². The van der Waals surface area contributed by atoms with Gasteiger partial charge in [-0.3, -0.25) is 4.98 Å². The Labute approximate surface area is 150 Å². The van der Waals surface area contributed by atoms with Gasteiger partial charge in [0, 0.05) is 28.2 Å². The third kappa shape index (κ3) is 4.18. The van der Waals surface area contributed by atoms with Crippen molar-refractivity contribution in [3.05, 3.63) is 76.9 Å². The monoisotopic (exact) mass is 379 g/mol. The number of unbranched alkanes of at least 4 members (excludes halogenated alkanes) is 1. The molecule has 0 radical (unpaired) electrons. The molecule has 3 heteroatoms. The van der Waals surface area contributed by atoms with Crippen molar-refractivity contribution >= 4 is 22.2 Å². The summed E-state index contributed by atoms with van der Waals surface area (Å²) >= 11 is 3.45. The molecule has 0 N–H and O–H groups in total. The Morgan fingerprint density at radius 1 is 0.833 bits per heavy atom. The van der Waals surface area contributed by atoms with Crippen LogP contribution in [-0.2, 0) is 11.2 Å². The van der Waals surface area contributed by atoms with Gasteiger partial charge in [0.1, 0.15) is 6.29 Å². The Balaban J connectivity index is 1.73. The second-order valence-electron chi connectivity index (χ2n) is 5.69. The first-order chi connectivity index (χ1) is 11.8. The lowest BCUT2D eigenvalue weighted by molar-refractivity contribution is -0.107. The Morgan fingerprint density at radius 3 is 2.12 bits per heavy atom. The third-order valence-electron chi connectivity index (χ3n) is 3.98. The number of benzene rings is 2. The second-order valence-corrected chi connectivity index (χ2v) is 6.61. The summed E-state index contributed by atoms with van der Waals surface area (Å²) in [5.74, 6) is 0. The fourth-order valence-electron chi connectivity index (χ4n) is 2.61. The smallest absolute Gasteiger partial charge is 0.120 e. The Kier molecular flexibility index (Phi) is 5.55. The van der Waals surface area contributed by atoms with Gasteiger partial charge in [-0.2, -0.15) is 0 Å². The predicted octanol–water partition coefficient (Wildman–Crippen LogP) is 5.70. The van der Waals surface area contributed by atoms with Gasteiger partial charge in [0.2, 0.25) is 0 Å². The number of aromatic nitrogens is 1. The molecule has 3 rings (SSSR count). The van der Waals surface area contributed by atoms with E-state index in [4.69, 9.17) is 0 Å². The number of aryl methyl sites for hydroxylation is 1. The largest absolute Gasteiger partial charge is 0.303 e. The van der Waals surface area contributed by atoms with E-state index in [0.29, 0.717) is 6.42 Å². The molecule has 0 atom stereocenters. The summed E-state index contributed by atoms with van der Waals surface area (Å²) in [5.41, 5.74) is 5.60. The predicted molar refractivity (Wildman–Crippen MR) is 102 cm³/mol. The zero-order valence-corrected chi connectivity index (χ0v) is 14.9. The first kappa shape index (κ1) is 16.6. The van der Waals surface area contributed by atoms with Crippen molar-refractivity contribution in [3.8, 4) is 22.4 Å². The van der Waals surface area contributed by atoms with E-state index < -0.39 is 0 Å². The Bertz CT molecular complexity index is 793. The molecule has 1 aromatic heterocycles. The first-order valence-corrected chi connectivity index (χ1v) is 8.80. The molecule has 0 aliphatic heterocycles. The zero-order chi connectivity index (χ0) is 16.8. The third-order valence-corrected chi connectivity index (χ3v) is 4.51. The van der Waals surface area contributed by atoms with Crippen molar-refractivity contribution in [3.63, 3.8) is 0 Å². The highest BCUT2D eigenvalue weighted by Gasteiger charge is 2.02. The van der Waals surface area contributed by atoms with Gasteiger partial charge in [-0.05, 0) is 42.2 Å². The highest BCUT2D eigenvalue weighted by atomic mass is 79.9. The highest BCUT2D eigenvalue weighted by molar-refractivity contribution is 9.10. The lowest BCUT2D eigenvalue weighted by Gasteiger charge is -2.06. The van der Waals surface area contributed by atoms with Gasteiger partial charge in [-0.15, -0.1) is 0 Å². The van der Waals surface area contributed by atoms with Gasteiger partial charge in [-0.25, -0.2) is 0 Å². The van der Waals surface area contributed by atoms with Crippen molar-refractivity contribution in [1.82, 2.24) is 4.98 Å². The van der Waals surface area contributed by atoms with E-state index >= 15 is 0 Å². The summed E-state index contributed by atoms with van der Waals surface area (Å²) in [6.45, 7) is 0. The topological polar surface area (TPSA) is 30.0 Å². The van der Waals surface area contributed by atoms with E-state index in [-0.39, 0.29) is 0 Å². The average molecular weight is 380 g/mol. The molecule has 0 aliphatic carbocycles. The summed E-state index contributed by atoms with van der Waals surface area (Å²) < 4.78 is 1.07. The molecule has 0 unspecified atom stereocenters. The van der Waals surface area contributed by atoms with Crippen LogP contribution in [0.1, 0.15) is 18.4 Å². The maximum absolute atomic E-state index is 10.4. The molecule has 0 spiro atoms. The van der Waals surface area contributed by atoms with Gasteiger partial charge in [-0.1, -0.05) is 58.4 Å². The number of carbonyl (C=O) groups is 1. The quantitative estimate of drug-likeness (QED) is 0.406. The summed E-state index contributed by atoms with van der Waals surface area (Å²) in [6.07, 6.45) is 5.36. The standard InChI is InChI=1S/C21H18BrNO/c22-20-11-8-17(9-12-20)19-10-13-21(23-15-19)18-6-4-16(5-7-18)3-1-2-14-24/h4-15H,1-3H2. The molecule has 2 aromatic carbocycles. The minimum atomic E-state index is 0.626. The molecular formula is C21H18BrNO. The number of hydrogen-bond donors (Lipinski definition) is 0. The summed E-state index contributed by atoms with van der Waals surface area (Å²) in [5, 5.41) is 0. The van der Waals surface area contributed by atoms with Crippen LogP contribution in [0.25, 0.3) is 22.4 Å². The van der Waals surface area contributed by atoms with Gasteiger partial charge >= 0.3 is 0 Å². The molecule has 0 saturated heterocycles. The molecule has 0 saturated carbocycles. The lowest BCUT2D eigenvalue weighted by Crippen LogP contribution is -1.88. The zero-order valence-electron chi connectivity index (χ0n) is 13.3. The molecule has 0 fully saturated rings. The van der Waals surface area contributed by atoms with Crippen molar-refractivity contribution < 1.29 is 4.79 Å². The number of nitrogens with zero attached hydrogens (tertiary/aromatic N) is 1. The van der Waals surface area contributed by atoms with Crippen molar-refractivity contribution in [2.75, 3.05) is 0 Å². The van der Waals surface area contributed by atoms with E-state index in [1.165, 1.54) is 5.56 Å². The normalized spacial score (nSPS) is 10.5. The van der Waals surface area contributed by atoms with Crippen LogP contribution in [0.2, 0.25) is 0 Å². The molecule has 2 nitrogen and oxygen atoms in total. The van der Waals surface area contributed by atoms with Gasteiger partial charge < -0.3 is 4.79 Å². The molecule has 0 aliphatic rings. The van der Waals surface area contributed by atoms with Crippen LogP contribution in [0.4, 0.5) is 0 Å². The van der Waals surface area contributed by atoms with Gasteiger partial charge in [0.25, 0.3) is 0 Å². The summed E-state index contributed by atoms with van der Waals surface area (Å²) in [7, 11) is 0. The second kappa shape index (κ2) is 8.02. The molecule has 3 aromatic rings. The average Bonchev–Trinajstić information content (AvgIpc) is 2.63. The minimum Gasteiger partial charge on any atom is -0.303 e. The van der Waals surface area contributed by atoms with Gasteiger partial charge in [0.15, 0.2) is 0 Å². The number of carbonyl (C=O) groups excluding carboxylic acids is 1. The van der Waals surface area contributed by atoms with E-state index in [1.807, 2.05) is 18.3 Å². The molecule has 24 heavy (non-hydrogen) atoms. The fourth-order valence-corrected chi connectivity index (χ4v) is 2.87. The number of aldehydes is 1. The maximum Gasteiger partial charge on any atom is 0.120 e. The van der Waals surface area contributed by atoms with Crippen molar-refractivity contribution in [2.24, 2.45) is 0 Å². The van der Waals surface area contributed by atoms with Crippen molar-refractivity contribution in [2.45, 2.75) is 19.3 Å². The van der Waals surface area contributed by atoms with E-state index in [1.54, 1.807) is 0 Å². The molecule has 1 heterocycles. The van der Waals surface area contributed by atoms with Crippen LogP contribution < -0.4 is 0 Å². The molecular weight excluding hydrogens is 362 g/mol. The lowest BCUT2D eigenvalue weighted by atomic mass is 10.0. The first-order valence-electron chi connectivity index (χ1n) is 8.01. The molecule has 120 valence electrons. The Morgan fingerprint density at radius 2 is 1.50 bits per heavy atom. The van der Waals surface area contributed by atoms with Gasteiger partial charge in [0.05, 0.1) is 5.69 Å². The molecule has 0 amide bonds. The Hall–Kier alpha value is -2.26. The maximum atomic E-state index is 10.4. The van der Waals surface area contributed by atoms with Crippen LogP contribution in [0, 0.1) is 0 Å². The number of hydrogen-bond acceptors (Lipinski definition) is 2. The van der Waals surface area contributed by atoms with E-state index in [0.717, 1.165) is 46.0 Å². The number of rotatable bonds is 6. The van der Waals surface area contributed by atoms with E-state index in [9.17, 15) is 4.79 Å². The van der Waals surface area contributed by atoms with E-state index in [2.05, 4.69) is 69.4 Å². The van der Waals surface area contributed by atoms with Crippen LogP contribution >= 0.6 is 15.9 Å². The molecule has 0 bridgehead atoms. The number of halogens is 1. The summed E-state index contributed by atoms with van der Waals surface area (Å²) in [4.78, 5) is 15.0.